The first-order valence-corrected chi connectivity index (χ1v) is 7.43. The molecule has 0 aliphatic carbocycles. The Bertz CT molecular complexity index is 232. The third-order valence-corrected chi connectivity index (χ3v) is 3.97. The Hall–Kier alpha value is -0.160. The van der Waals surface area contributed by atoms with Crippen molar-refractivity contribution in [3.8, 4) is 0 Å². The highest BCUT2D eigenvalue weighted by atomic mass is 16.5. The van der Waals surface area contributed by atoms with Crippen molar-refractivity contribution in [2.24, 2.45) is 0 Å². The van der Waals surface area contributed by atoms with E-state index in [-0.39, 0.29) is 0 Å². The van der Waals surface area contributed by atoms with Crippen LogP contribution in [-0.4, -0.2) is 62.5 Å². The van der Waals surface area contributed by atoms with Crippen molar-refractivity contribution >= 4 is 0 Å². The van der Waals surface area contributed by atoms with Gasteiger partial charge in [0.1, 0.15) is 0 Å². The first-order valence-electron chi connectivity index (χ1n) is 7.43. The fourth-order valence-corrected chi connectivity index (χ4v) is 2.76. The summed E-state index contributed by atoms with van der Waals surface area (Å²) in [5.41, 5.74) is 0. The number of morpholine rings is 1. The molecule has 0 amide bonds. The van der Waals surface area contributed by atoms with Crippen LogP contribution in [0.15, 0.2) is 0 Å². The van der Waals surface area contributed by atoms with Gasteiger partial charge in [-0.2, -0.15) is 0 Å². The van der Waals surface area contributed by atoms with Gasteiger partial charge in [0.15, 0.2) is 0 Å². The summed E-state index contributed by atoms with van der Waals surface area (Å²) in [6.07, 6.45) is 4.36. The van der Waals surface area contributed by atoms with E-state index in [2.05, 4.69) is 24.1 Å². The van der Waals surface area contributed by atoms with Crippen LogP contribution in [0, 0.1) is 0 Å². The van der Waals surface area contributed by atoms with Crippen molar-refractivity contribution in [2.75, 3.05) is 39.4 Å². The van der Waals surface area contributed by atoms with Crippen LogP contribution in [0.2, 0.25) is 0 Å². The molecular formula is C14H28N2O2. The Morgan fingerprint density at radius 2 is 2.06 bits per heavy atom. The molecule has 2 saturated heterocycles. The van der Waals surface area contributed by atoms with Gasteiger partial charge in [0.25, 0.3) is 0 Å². The highest BCUT2D eigenvalue weighted by Crippen LogP contribution is 2.12. The number of rotatable bonds is 5. The molecule has 4 nitrogen and oxygen atoms in total. The number of hydrogen-bond donors (Lipinski definition) is 1. The Balaban J connectivity index is 1.56. The van der Waals surface area contributed by atoms with Crippen LogP contribution in [0.4, 0.5) is 0 Å². The van der Waals surface area contributed by atoms with E-state index in [4.69, 9.17) is 9.47 Å². The molecule has 0 saturated carbocycles. The summed E-state index contributed by atoms with van der Waals surface area (Å²) in [5.74, 6) is 0. The highest BCUT2D eigenvalue weighted by molar-refractivity contribution is 4.75. The summed E-state index contributed by atoms with van der Waals surface area (Å²) in [6.45, 7) is 10.6. The molecule has 0 aromatic rings. The van der Waals surface area contributed by atoms with Crippen molar-refractivity contribution in [3.63, 3.8) is 0 Å². The smallest absolute Gasteiger partial charge is 0.0674 e. The fourth-order valence-electron chi connectivity index (χ4n) is 2.76. The van der Waals surface area contributed by atoms with Crippen molar-refractivity contribution in [1.29, 1.82) is 0 Å². The summed E-state index contributed by atoms with van der Waals surface area (Å²) >= 11 is 0. The predicted octanol–water partition coefficient (Wildman–Crippen LogP) is 1.25. The van der Waals surface area contributed by atoms with Crippen LogP contribution in [0.3, 0.4) is 0 Å². The third kappa shape index (κ3) is 4.50. The Morgan fingerprint density at radius 3 is 2.83 bits per heavy atom. The lowest BCUT2D eigenvalue weighted by molar-refractivity contribution is -0.0535. The molecule has 0 aromatic heterocycles. The molecule has 2 rings (SSSR count). The first kappa shape index (κ1) is 14.3. The van der Waals surface area contributed by atoms with Crippen LogP contribution in [0.25, 0.3) is 0 Å². The van der Waals surface area contributed by atoms with Crippen molar-refractivity contribution < 1.29 is 9.47 Å². The molecule has 2 atom stereocenters. The molecular weight excluding hydrogens is 228 g/mol. The summed E-state index contributed by atoms with van der Waals surface area (Å²) in [6, 6.07) is 0.556. The van der Waals surface area contributed by atoms with Gasteiger partial charge in [-0.1, -0.05) is 0 Å². The molecule has 0 radical (unpaired) electrons. The van der Waals surface area contributed by atoms with Crippen LogP contribution >= 0.6 is 0 Å². The van der Waals surface area contributed by atoms with E-state index in [9.17, 15) is 0 Å². The average Bonchev–Trinajstić information content (AvgIpc) is 2.40. The zero-order valence-electron chi connectivity index (χ0n) is 11.9. The second-order valence-electron chi connectivity index (χ2n) is 5.66. The summed E-state index contributed by atoms with van der Waals surface area (Å²) in [7, 11) is 0. The quantitative estimate of drug-likeness (QED) is 0.751. The molecule has 0 bridgehead atoms. The molecule has 4 heteroatoms. The van der Waals surface area contributed by atoms with E-state index in [1.807, 2.05) is 0 Å². The SMILES string of the molecule is CC1CN(CCCOC2CCNCC2)C(C)CO1. The van der Waals surface area contributed by atoms with Gasteiger partial charge in [0.2, 0.25) is 0 Å². The zero-order valence-corrected chi connectivity index (χ0v) is 11.9. The minimum absolute atomic E-state index is 0.381. The lowest BCUT2D eigenvalue weighted by atomic mass is 10.1. The van der Waals surface area contributed by atoms with E-state index in [1.165, 1.54) is 12.8 Å². The van der Waals surface area contributed by atoms with Crippen molar-refractivity contribution in [1.82, 2.24) is 10.2 Å². The molecule has 106 valence electrons. The third-order valence-electron chi connectivity index (χ3n) is 3.97. The van der Waals surface area contributed by atoms with E-state index < -0.39 is 0 Å². The minimum Gasteiger partial charge on any atom is -0.378 e. The Labute approximate surface area is 111 Å². The number of ether oxygens (including phenoxy) is 2. The average molecular weight is 256 g/mol. The molecule has 0 aromatic carbocycles. The Morgan fingerprint density at radius 1 is 1.28 bits per heavy atom. The number of nitrogens with one attached hydrogen (secondary N) is 1. The number of nitrogens with zero attached hydrogens (tertiary/aromatic N) is 1. The standard InChI is InChI=1S/C14H28N2O2/c1-12-11-18-13(2)10-16(12)8-3-9-17-14-4-6-15-7-5-14/h12-15H,3-11H2,1-2H3. The van der Waals surface area contributed by atoms with Crippen molar-refractivity contribution in [3.05, 3.63) is 0 Å². The van der Waals surface area contributed by atoms with E-state index >= 15 is 0 Å². The monoisotopic (exact) mass is 256 g/mol. The second kappa shape index (κ2) is 7.43. The van der Waals surface area contributed by atoms with Crippen LogP contribution in [-0.2, 0) is 9.47 Å². The van der Waals surface area contributed by atoms with Gasteiger partial charge in [-0.15, -0.1) is 0 Å². The number of piperidine rings is 1. The predicted molar refractivity (Wildman–Crippen MR) is 72.9 cm³/mol. The molecule has 2 aliphatic rings. The molecule has 18 heavy (non-hydrogen) atoms. The van der Waals surface area contributed by atoms with Gasteiger partial charge in [-0.25, -0.2) is 0 Å². The lowest BCUT2D eigenvalue weighted by Gasteiger charge is -2.36. The van der Waals surface area contributed by atoms with Crippen LogP contribution in [0.1, 0.15) is 33.1 Å². The fraction of sp³-hybridized carbons (Fsp3) is 1.00. The maximum atomic E-state index is 5.94. The normalized spacial score (nSPS) is 31.7. The molecule has 0 spiro atoms. The van der Waals surface area contributed by atoms with E-state index in [0.29, 0.717) is 18.2 Å². The molecule has 1 N–H and O–H groups in total. The molecule has 2 fully saturated rings. The van der Waals surface area contributed by atoms with E-state index in [1.54, 1.807) is 0 Å². The van der Waals surface area contributed by atoms with Gasteiger partial charge in [0.05, 0.1) is 18.8 Å². The van der Waals surface area contributed by atoms with E-state index in [0.717, 1.165) is 45.8 Å². The largest absolute Gasteiger partial charge is 0.378 e. The Kier molecular flexibility index (Phi) is 5.89. The van der Waals surface area contributed by atoms with Crippen LogP contribution < -0.4 is 5.32 Å². The highest BCUT2D eigenvalue weighted by Gasteiger charge is 2.22. The molecule has 2 unspecified atom stereocenters. The molecule has 2 aliphatic heterocycles. The second-order valence-corrected chi connectivity index (χ2v) is 5.66. The summed E-state index contributed by atoms with van der Waals surface area (Å²) in [4.78, 5) is 2.53. The van der Waals surface area contributed by atoms with Gasteiger partial charge < -0.3 is 14.8 Å². The van der Waals surface area contributed by atoms with Gasteiger partial charge in [-0.3, -0.25) is 4.90 Å². The lowest BCUT2D eigenvalue weighted by Crippen LogP contribution is -2.47. The maximum Gasteiger partial charge on any atom is 0.0674 e. The summed E-state index contributed by atoms with van der Waals surface area (Å²) in [5, 5.41) is 3.37. The summed E-state index contributed by atoms with van der Waals surface area (Å²) < 4.78 is 11.6. The molecule has 2 heterocycles. The first-order chi connectivity index (χ1) is 8.75. The zero-order chi connectivity index (χ0) is 12.8. The topological polar surface area (TPSA) is 33.7 Å². The van der Waals surface area contributed by atoms with Crippen LogP contribution in [0.5, 0.6) is 0 Å². The van der Waals surface area contributed by atoms with Gasteiger partial charge >= 0.3 is 0 Å². The maximum absolute atomic E-state index is 5.94. The van der Waals surface area contributed by atoms with Crippen molar-refractivity contribution in [2.45, 2.75) is 51.4 Å². The number of hydrogen-bond acceptors (Lipinski definition) is 4. The minimum atomic E-state index is 0.381. The van der Waals surface area contributed by atoms with Gasteiger partial charge in [-0.05, 0) is 46.2 Å². The van der Waals surface area contributed by atoms with Gasteiger partial charge in [0, 0.05) is 25.7 Å².